The quantitative estimate of drug-likeness (QED) is 0.755. The molecule has 0 fully saturated rings. The maximum absolute atomic E-state index is 14.2. The van der Waals surface area contributed by atoms with Gasteiger partial charge >= 0.3 is 0 Å². The van der Waals surface area contributed by atoms with Crippen molar-refractivity contribution < 1.29 is 4.39 Å². The topological polar surface area (TPSA) is 18.5 Å². The van der Waals surface area contributed by atoms with E-state index in [-0.39, 0.29) is 5.82 Å². The van der Waals surface area contributed by atoms with Gasteiger partial charge in [-0.2, -0.15) is 0 Å². The van der Waals surface area contributed by atoms with Crippen LogP contribution in [0.4, 0.5) is 10.1 Å². The van der Waals surface area contributed by atoms with Gasteiger partial charge in [0.1, 0.15) is 5.82 Å². The molecule has 120 valence electrons. The maximum Gasteiger partial charge on any atom is 0.146 e. The van der Waals surface area contributed by atoms with Crippen molar-refractivity contribution in [2.45, 2.75) is 26.8 Å². The molecule has 1 aromatic carbocycles. The second kappa shape index (κ2) is 9.00. The van der Waals surface area contributed by atoms with Crippen molar-refractivity contribution in [1.82, 2.24) is 10.2 Å². The predicted molar refractivity (Wildman–Crippen MR) is 89.4 cm³/mol. The molecule has 0 spiro atoms. The fourth-order valence-electron chi connectivity index (χ4n) is 2.36. The molecule has 0 saturated heterocycles. The summed E-state index contributed by atoms with van der Waals surface area (Å²) in [6, 6.07) is 5.34. The van der Waals surface area contributed by atoms with E-state index in [9.17, 15) is 4.39 Å². The lowest BCUT2D eigenvalue weighted by Gasteiger charge is -2.24. The van der Waals surface area contributed by atoms with Gasteiger partial charge in [0.05, 0.1) is 5.69 Å². The van der Waals surface area contributed by atoms with Crippen molar-refractivity contribution in [3.8, 4) is 0 Å². The smallest absolute Gasteiger partial charge is 0.146 e. The lowest BCUT2D eigenvalue weighted by molar-refractivity contribution is 0.401. The molecule has 1 rings (SSSR count). The summed E-state index contributed by atoms with van der Waals surface area (Å²) in [7, 11) is 6.09. The van der Waals surface area contributed by atoms with Crippen LogP contribution in [0.3, 0.4) is 0 Å². The molecule has 0 aliphatic rings. The first-order chi connectivity index (χ1) is 9.91. The Hall–Kier alpha value is -1.13. The largest absolute Gasteiger partial charge is 0.372 e. The van der Waals surface area contributed by atoms with Crippen LogP contribution in [0.15, 0.2) is 18.2 Å². The van der Waals surface area contributed by atoms with Crippen molar-refractivity contribution in [1.29, 1.82) is 0 Å². The molecule has 3 nitrogen and oxygen atoms in total. The highest BCUT2D eigenvalue weighted by Gasteiger charge is 2.12. The van der Waals surface area contributed by atoms with Gasteiger partial charge in [0.15, 0.2) is 0 Å². The van der Waals surface area contributed by atoms with Crippen LogP contribution >= 0.6 is 0 Å². The molecule has 0 aliphatic heterocycles. The number of halogens is 1. The zero-order valence-electron chi connectivity index (χ0n) is 14.1. The lowest BCUT2D eigenvalue weighted by atomic mass is 10.1. The van der Waals surface area contributed by atoms with Gasteiger partial charge in [-0.1, -0.05) is 26.0 Å². The van der Waals surface area contributed by atoms with Crippen molar-refractivity contribution >= 4 is 5.69 Å². The lowest BCUT2D eigenvalue weighted by Crippen LogP contribution is -2.26. The Labute approximate surface area is 129 Å². The SMILES string of the molecule is CC(C)CNCc1cccc(F)c1N(C)CCCN(C)C. The third-order valence-corrected chi connectivity index (χ3v) is 3.42. The summed E-state index contributed by atoms with van der Waals surface area (Å²) in [6.45, 7) is 7.87. The number of hydrogen-bond donors (Lipinski definition) is 1. The van der Waals surface area contributed by atoms with Crippen LogP contribution in [0.5, 0.6) is 0 Å². The average Bonchev–Trinajstić information content (AvgIpc) is 2.37. The van der Waals surface area contributed by atoms with E-state index in [1.54, 1.807) is 12.1 Å². The van der Waals surface area contributed by atoms with E-state index in [0.29, 0.717) is 12.5 Å². The third kappa shape index (κ3) is 6.44. The van der Waals surface area contributed by atoms with E-state index in [1.807, 2.05) is 18.0 Å². The summed E-state index contributed by atoms with van der Waals surface area (Å²) in [4.78, 5) is 4.19. The molecular formula is C17H30FN3. The van der Waals surface area contributed by atoms with Gasteiger partial charge in [0, 0.05) is 20.1 Å². The average molecular weight is 295 g/mol. The van der Waals surface area contributed by atoms with Gasteiger partial charge in [0.25, 0.3) is 0 Å². The van der Waals surface area contributed by atoms with Crippen molar-refractivity contribution in [2.24, 2.45) is 5.92 Å². The Kier molecular flexibility index (Phi) is 7.68. The second-order valence-electron chi connectivity index (χ2n) is 6.35. The van der Waals surface area contributed by atoms with Crippen LogP contribution in [-0.4, -0.2) is 45.7 Å². The van der Waals surface area contributed by atoms with E-state index in [1.165, 1.54) is 0 Å². The molecule has 21 heavy (non-hydrogen) atoms. The number of benzene rings is 1. The Morgan fingerprint density at radius 1 is 1.14 bits per heavy atom. The van der Waals surface area contributed by atoms with Crippen LogP contribution in [0.25, 0.3) is 0 Å². The Morgan fingerprint density at radius 2 is 1.86 bits per heavy atom. The van der Waals surface area contributed by atoms with E-state index < -0.39 is 0 Å². The molecule has 0 aromatic heterocycles. The molecule has 0 bridgehead atoms. The van der Waals surface area contributed by atoms with E-state index >= 15 is 0 Å². The van der Waals surface area contributed by atoms with Gasteiger partial charge in [-0.15, -0.1) is 0 Å². The normalized spacial score (nSPS) is 11.4. The molecule has 0 radical (unpaired) electrons. The molecule has 0 unspecified atom stereocenters. The molecule has 0 atom stereocenters. The Morgan fingerprint density at radius 3 is 2.48 bits per heavy atom. The van der Waals surface area contributed by atoms with E-state index in [2.05, 4.69) is 38.2 Å². The third-order valence-electron chi connectivity index (χ3n) is 3.42. The van der Waals surface area contributed by atoms with Gasteiger partial charge in [-0.25, -0.2) is 4.39 Å². The first-order valence-electron chi connectivity index (χ1n) is 7.75. The first kappa shape index (κ1) is 17.9. The van der Waals surface area contributed by atoms with Crippen LogP contribution in [0.1, 0.15) is 25.8 Å². The predicted octanol–water partition coefficient (Wildman–Crippen LogP) is 2.96. The van der Waals surface area contributed by atoms with Gasteiger partial charge in [-0.05, 0) is 51.2 Å². The number of nitrogens with zero attached hydrogens (tertiary/aromatic N) is 2. The first-order valence-corrected chi connectivity index (χ1v) is 7.75. The van der Waals surface area contributed by atoms with Crippen LogP contribution < -0.4 is 10.2 Å². The van der Waals surface area contributed by atoms with Crippen molar-refractivity contribution in [3.05, 3.63) is 29.6 Å². The highest BCUT2D eigenvalue weighted by molar-refractivity contribution is 5.54. The monoisotopic (exact) mass is 295 g/mol. The van der Waals surface area contributed by atoms with Gasteiger partial charge in [0.2, 0.25) is 0 Å². The summed E-state index contributed by atoms with van der Waals surface area (Å²) in [5.74, 6) is 0.464. The molecule has 0 aliphatic carbocycles. The number of anilines is 1. The molecule has 0 heterocycles. The van der Waals surface area contributed by atoms with Crippen LogP contribution in [-0.2, 0) is 6.54 Å². The van der Waals surface area contributed by atoms with Crippen molar-refractivity contribution in [2.75, 3.05) is 45.7 Å². The molecule has 1 aromatic rings. The highest BCUT2D eigenvalue weighted by atomic mass is 19.1. The maximum atomic E-state index is 14.2. The number of nitrogens with one attached hydrogen (secondary N) is 1. The zero-order chi connectivity index (χ0) is 15.8. The number of rotatable bonds is 9. The summed E-state index contributed by atoms with van der Waals surface area (Å²) in [6.07, 6.45) is 1.02. The Balaban J connectivity index is 2.69. The fourth-order valence-corrected chi connectivity index (χ4v) is 2.36. The minimum Gasteiger partial charge on any atom is -0.372 e. The summed E-state index contributed by atoms with van der Waals surface area (Å²) in [5, 5.41) is 3.40. The Bertz CT molecular complexity index is 418. The van der Waals surface area contributed by atoms with Gasteiger partial charge in [-0.3, -0.25) is 0 Å². The molecule has 1 N–H and O–H groups in total. The van der Waals surface area contributed by atoms with E-state index in [0.717, 1.165) is 37.3 Å². The highest BCUT2D eigenvalue weighted by Crippen LogP contribution is 2.23. The molecule has 4 heteroatoms. The molecular weight excluding hydrogens is 265 g/mol. The summed E-state index contributed by atoms with van der Waals surface area (Å²) < 4.78 is 14.2. The second-order valence-corrected chi connectivity index (χ2v) is 6.35. The molecule has 0 amide bonds. The van der Waals surface area contributed by atoms with Crippen LogP contribution in [0, 0.1) is 11.7 Å². The van der Waals surface area contributed by atoms with Gasteiger partial charge < -0.3 is 15.1 Å². The minimum absolute atomic E-state index is 0.133. The van der Waals surface area contributed by atoms with Crippen LogP contribution in [0.2, 0.25) is 0 Å². The standard InChI is InChI=1S/C17H30FN3/c1-14(2)12-19-13-15-8-6-9-16(18)17(15)21(5)11-7-10-20(3)4/h6,8-9,14,19H,7,10-13H2,1-5H3. The summed E-state index contributed by atoms with van der Waals surface area (Å²) >= 11 is 0. The number of hydrogen-bond acceptors (Lipinski definition) is 3. The number of para-hydroxylation sites is 1. The van der Waals surface area contributed by atoms with E-state index in [4.69, 9.17) is 0 Å². The van der Waals surface area contributed by atoms with Crippen molar-refractivity contribution in [3.63, 3.8) is 0 Å². The fraction of sp³-hybridized carbons (Fsp3) is 0.647. The summed E-state index contributed by atoms with van der Waals surface area (Å²) in [5.41, 5.74) is 1.76. The molecule has 0 saturated carbocycles. The minimum atomic E-state index is -0.133. The zero-order valence-corrected chi connectivity index (χ0v) is 14.1.